The van der Waals surface area contributed by atoms with E-state index in [2.05, 4.69) is 0 Å². The summed E-state index contributed by atoms with van der Waals surface area (Å²) in [5, 5.41) is 9.47. The molecule has 0 amide bonds. The van der Waals surface area contributed by atoms with E-state index in [1.165, 1.54) is 25.7 Å². The van der Waals surface area contributed by atoms with Gasteiger partial charge >= 0.3 is 0 Å². The van der Waals surface area contributed by atoms with Gasteiger partial charge in [-0.25, -0.2) is 0 Å². The molecule has 2 nitrogen and oxygen atoms in total. The number of aliphatic hydroxyl groups is 1. The molecule has 0 aromatic rings. The molecule has 1 aliphatic heterocycles. The number of aliphatic hydroxyl groups excluding tert-OH is 1. The van der Waals surface area contributed by atoms with Crippen LogP contribution in [0.5, 0.6) is 0 Å². The summed E-state index contributed by atoms with van der Waals surface area (Å²) in [4.78, 5) is 0. The second kappa shape index (κ2) is 1.64. The SMILES string of the molecule is OC1C[C@]23CCCC[C@@]2(C1)O3. The molecule has 62 valence electrons. The molecular formula is C9H14O2. The van der Waals surface area contributed by atoms with Gasteiger partial charge in [0.05, 0.1) is 6.10 Å². The number of hydrogen-bond acceptors (Lipinski definition) is 2. The van der Waals surface area contributed by atoms with Crippen LogP contribution in [0, 0.1) is 0 Å². The Kier molecular flexibility index (Phi) is 0.961. The molecule has 3 fully saturated rings. The molecule has 1 unspecified atom stereocenters. The third-order valence-electron chi connectivity index (χ3n) is 3.72. The van der Waals surface area contributed by atoms with Crippen LogP contribution in [-0.4, -0.2) is 22.4 Å². The van der Waals surface area contributed by atoms with Gasteiger partial charge in [-0.3, -0.25) is 0 Å². The van der Waals surface area contributed by atoms with E-state index in [-0.39, 0.29) is 17.3 Å². The molecular weight excluding hydrogens is 140 g/mol. The van der Waals surface area contributed by atoms with Crippen LogP contribution in [0.2, 0.25) is 0 Å². The predicted octanol–water partition coefficient (Wildman–Crippen LogP) is 1.22. The topological polar surface area (TPSA) is 32.8 Å². The van der Waals surface area contributed by atoms with E-state index in [0.717, 1.165) is 12.8 Å². The van der Waals surface area contributed by atoms with Gasteiger partial charge < -0.3 is 9.84 Å². The zero-order valence-electron chi connectivity index (χ0n) is 6.68. The molecule has 0 aromatic heterocycles. The Morgan fingerprint density at radius 1 is 1.09 bits per heavy atom. The quantitative estimate of drug-likeness (QED) is 0.532. The first-order chi connectivity index (χ1) is 5.27. The molecule has 11 heavy (non-hydrogen) atoms. The number of epoxide rings is 1. The van der Waals surface area contributed by atoms with E-state index < -0.39 is 0 Å². The molecule has 1 N–H and O–H groups in total. The maximum Gasteiger partial charge on any atom is 0.101 e. The zero-order valence-corrected chi connectivity index (χ0v) is 6.68. The number of rotatable bonds is 0. The minimum absolute atomic E-state index is 0.0677. The summed E-state index contributed by atoms with van der Waals surface area (Å²) in [6.45, 7) is 0. The molecule has 2 heteroatoms. The second-order valence-electron chi connectivity index (χ2n) is 4.36. The summed E-state index contributed by atoms with van der Waals surface area (Å²) < 4.78 is 5.80. The molecule has 1 heterocycles. The van der Waals surface area contributed by atoms with E-state index >= 15 is 0 Å². The molecule has 3 aliphatic rings. The van der Waals surface area contributed by atoms with Gasteiger partial charge in [-0.05, 0) is 12.8 Å². The fraction of sp³-hybridized carbons (Fsp3) is 1.00. The molecule has 3 rings (SSSR count). The Bertz CT molecular complexity index is 176. The van der Waals surface area contributed by atoms with Crippen molar-refractivity contribution in [2.24, 2.45) is 0 Å². The maximum atomic E-state index is 9.47. The van der Waals surface area contributed by atoms with Crippen LogP contribution in [0.3, 0.4) is 0 Å². The van der Waals surface area contributed by atoms with Crippen molar-refractivity contribution in [1.29, 1.82) is 0 Å². The van der Waals surface area contributed by atoms with E-state index in [4.69, 9.17) is 4.74 Å². The first kappa shape index (κ1) is 6.44. The highest BCUT2D eigenvalue weighted by atomic mass is 16.6. The lowest BCUT2D eigenvalue weighted by Crippen LogP contribution is -2.23. The lowest BCUT2D eigenvalue weighted by atomic mass is 9.82. The van der Waals surface area contributed by atoms with Gasteiger partial charge in [-0.2, -0.15) is 0 Å². The molecule has 2 saturated carbocycles. The molecule has 1 saturated heterocycles. The van der Waals surface area contributed by atoms with Crippen LogP contribution < -0.4 is 0 Å². The summed E-state index contributed by atoms with van der Waals surface area (Å²) in [6, 6.07) is 0. The fourth-order valence-electron chi connectivity index (χ4n) is 3.22. The maximum absolute atomic E-state index is 9.47. The molecule has 0 bridgehead atoms. The minimum Gasteiger partial charge on any atom is -0.393 e. The van der Waals surface area contributed by atoms with Crippen molar-refractivity contribution < 1.29 is 9.84 Å². The lowest BCUT2D eigenvalue weighted by Gasteiger charge is -2.16. The van der Waals surface area contributed by atoms with E-state index in [9.17, 15) is 5.11 Å². The number of hydrogen-bond donors (Lipinski definition) is 1. The number of ether oxygens (including phenoxy) is 1. The van der Waals surface area contributed by atoms with Gasteiger partial charge in [-0.15, -0.1) is 0 Å². The van der Waals surface area contributed by atoms with Crippen LogP contribution in [0.4, 0.5) is 0 Å². The van der Waals surface area contributed by atoms with E-state index in [1.807, 2.05) is 0 Å². The summed E-state index contributed by atoms with van der Waals surface area (Å²) in [7, 11) is 0. The Hall–Kier alpha value is -0.0800. The van der Waals surface area contributed by atoms with E-state index in [1.54, 1.807) is 0 Å². The normalized spacial score (nSPS) is 60.3. The molecule has 0 radical (unpaired) electrons. The highest BCUT2D eigenvalue weighted by Gasteiger charge is 2.74. The van der Waals surface area contributed by atoms with Gasteiger partial charge in [0.2, 0.25) is 0 Å². The average Bonchev–Trinajstić information content (AvgIpc) is 2.47. The predicted molar refractivity (Wildman–Crippen MR) is 40.3 cm³/mol. The van der Waals surface area contributed by atoms with Crippen LogP contribution in [-0.2, 0) is 4.74 Å². The molecule has 0 spiro atoms. The Morgan fingerprint density at radius 3 is 2.18 bits per heavy atom. The lowest BCUT2D eigenvalue weighted by molar-refractivity contribution is 0.0893. The van der Waals surface area contributed by atoms with E-state index in [0.29, 0.717) is 0 Å². The Morgan fingerprint density at radius 2 is 1.64 bits per heavy atom. The smallest absolute Gasteiger partial charge is 0.101 e. The minimum atomic E-state index is -0.0677. The van der Waals surface area contributed by atoms with Crippen LogP contribution in [0.25, 0.3) is 0 Å². The standard InChI is InChI=1S/C9H14O2/c10-7-5-8-3-1-2-4-9(8,6-7)11-8/h7,10H,1-6H2/t7?,8-,9+. The van der Waals surface area contributed by atoms with Crippen LogP contribution in [0.15, 0.2) is 0 Å². The van der Waals surface area contributed by atoms with Crippen molar-refractivity contribution >= 4 is 0 Å². The van der Waals surface area contributed by atoms with Gasteiger partial charge in [0.1, 0.15) is 11.2 Å². The summed E-state index contributed by atoms with van der Waals surface area (Å²) in [5.41, 5.74) is 0.315. The van der Waals surface area contributed by atoms with Gasteiger partial charge in [-0.1, -0.05) is 12.8 Å². The van der Waals surface area contributed by atoms with Gasteiger partial charge in [0.25, 0.3) is 0 Å². The van der Waals surface area contributed by atoms with Gasteiger partial charge in [0.15, 0.2) is 0 Å². The summed E-state index contributed by atoms with van der Waals surface area (Å²) in [5.74, 6) is 0. The van der Waals surface area contributed by atoms with Gasteiger partial charge in [0, 0.05) is 12.8 Å². The summed E-state index contributed by atoms with van der Waals surface area (Å²) >= 11 is 0. The fourth-order valence-corrected chi connectivity index (χ4v) is 3.22. The largest absolute Gasteiger partial charge is 0.393 e. The molecule has 0 aromatic carbocycles. The van der Waals surface area contributed by atoms with Crippen LogP contribution in [0.1, 0.15) is 38.5 Å². The van der Waals surface area contributed by atoms with Crippen molar-refractivity contribution in [2.45, 2.75) is 55.8 Å². The highest BCUT2D eigenvalue weighted by Crippen LogP contribution is 2.66. The van der Waals surface area contributed by atoms with Crippen LogP contribution >= 0.6 is 0 Å². The Balaban J connectivity index is 1.92. The zero-order chi connectivity index (χ0) is 7.53. The van der Waals surface area contributed by atoms with Crippen molar-refractivity contribution in [1.82, 2.24) is 0 Å². The van der Waals surface area contributed by atoms with Crippen molar-refractivity contribution in [3.63, 3.8) is 0 Å². The summed E-state index contributed by atoms with van der Waals surface area (Å²) in [6.07, 6.45) is 6.75. The third-order valence-corrected chi connectivity index (χ3v) is 3.72. The average molecular weight is 154 g/mol. The van der Waals surface area contributed by atoms with Crippen molar-refractivity contribution in [3.05, 3.63) is 0 Å². The first-order valence-electron chi connectivity index (χ1n) is 4.65. The Labute approximate surface area is 66.5 Å². The van der Waals surface area contributed by atoms with Crippen molar-refractivity contribution in [3.8, 4) is 0 Å². The highest BCUT2D eigenvalue weighted by molar-refractivity contribution is 5.23. The first-order valence-corrected chi connectivity index (χ1v) is 4.65. The second-order valence-corrected chi connectivity index (χ2v) is 4.36. The monoisotopic (exact) mass is 154 g/mol. The van der Waals surface area contributed by atoms with Crippen molar-refractivity contribution in [2.75, 3.05) is 0 Å². The third kappa shape index (κ3) is 0.611. The molecule has 3 atom stereocenters. The molecule has 2 aliphatic carbocycles.